The van der Waals surface area contributed by atoms with Crippen molar-refractivity contribution in [3.63, 3.8) is 0 Å². The molecule has 0 saturated carbocycles. The summed E-state index contributed by atoms with van der Waals surface area (Å²) in [6.45, 7) is 0.864. The van der Waals surface area contributed by atoms with E-state index in [9.17, 15) is 26.7 Å². The van der Waals surface area contributed by atoms with Crippen LogP contribution in [0.1, 0.15) is 40.4 Å². The minimum Gasteiger partial charge on any atom is -0.294 e. The fourth-order valence-corrected chi connectivity index (χ4v) is 1.44. The van der Waals surface area contributed by atoms with Crippen LogP contribution in [-0.4, -0.2) is 5.78 Å². The molecule has 0 aromatic heterocycles. The third kappa shape index (κ3) is 2.64. The van der Waals surface area contributed by atoms with E-state index in [0.29, 0.717) is 12.1 Å². The van der Waals surface area contributed by atoms with Crippen LogP contribution in [0.4, 0.5) is 22.0 Å². The first-order valence-electron chi connectivity index (χ1n) is 4.62. The van der Waals surface area contributed by atoms with E-state index in [1.54, 1.807) is 0 Å². The van der Waals surface area contributed by atoms with Gasteiger partial charge in [0.05, 0.1) is 17.2 Å². The average molecular weight is 263 g/mol. The molecule has 0 radical (unpaired) electrons. The van der Waals surface area contributed by atoms with Crippen LogP contribution in [-0.2, 0) is 6.18 Å². The summed E-state index contributed by atoms with van der Waals surface area (Å²) in [6, 6.07) is 1.90. The highest BCUT2D eigenvalue weighted by Crippen LogP contribution is 2.35. The highest BCUT2D eigenvalue weighted by Gasteiger charge is 2.34. The number of Topliss-reactive ketones (excluding diaryl/α,β-unsaturated/α-hetero) is 1. The molecule has 0 aliphatic carbocycles. The first kappa shape index (κ1) is 14.1. The number of rotatable bonds is 2. The number of alkyl halides is 5. The zero-order valence-electron chi connectivity index (χ0n) is 8.98. The lowest BCUT2D eigenvalue weighted by Gasteiger charge is -2.13. The Balaban J connectivity index is 3.66. The summed E-state index contributed by atoms with van der Waals surface area (Å²) >= 11 is 0. The molecule has 0 aliphatic rings. The molecule has 0 fully saturated rings. The summed E-state index contributed by atoms with van der Waals surface area (Å²) < 4.78 is 62.8. The molecule has 96 valence electrons. The molecule has 0 saturated heterocycles. The topological polar surface area (TPSA) is 40.9 Å². The quantitative estimate of drug-likeness (QED) is 0.602. The largest absolute Gasteiger partial charge is 0.416 e. The lowest BCUT2D eigenvalue weighted by molar-refractivity contribution is -0.137. The van der Waals surface area contributed by atoms with E-state index in [4.69, 9.17) is 5.26 Å². The molecule has 0 bridgehead atoms. The Morgan fingerprint density at radius 3 is 2.22 bits per heavy atom. The number of ketones is 1. The molecule has 0 aliphatic heterocycles. The number of hydrogen-bond acceptors (Lipinski definition) is 2. The Bertz CT molecular complexity index is 527. The highest BCUT2D eigenvalue weighted by molar-refractivity contribution is 5.96. The van der Waals surface area contributed by atoms with Gasteiger partial charge in [-0.05, 0) is 19.1 Å². The Labute approximate surface area is 98.6 Å². The molecule has 0 amide bonds. The van der Waals surface area contributed by atoms with Crippen LogP contribution in [0.2, 0.25) is 0 Å². The first-order chi connectivity index (χ1) is 8.18. The highest BCUT2D eigenvalue weighted by atomic mass is 19.4. The van der Waals surface area contributed by atoms with E-state index in [2.05, 4.69) is 0 Å². The molecule has 7 heteroatoms. The summed E-state index contributed by atoms with van der Waals surface area (Å²) in [5.41, 5.74) is -3.88. The molecule has 2 nitrogen and oxygen atoms in total. The maximum absolute atomic E-state index is 12.7. The normalized spacial score (nSPS) is 11.4. The SMILES string of the molecule is CC(=O)c1cc(C(F)(F)F)cc(C#N)c1C(F)F. The molecule has 1 aromatic rings. The molecule has 0 unspecified atom stereocenters. The second kappa shape index (κ2) is 4.72. The smallest absolute Gasteiger partial charge is 0.294 e. The molecule has 1 rings (SSSR count). The maximum atomic E-state index is 12.7. The molecule has 0 heterocycles. The summed E-state index contributed by atoms with van der Waals surface area (Å²) in [6.07, 6.45) is -8.00. The Hall–Kier alpha value is -1.97. The summed E-state index contributed by atoms with van der Waals surface area (Å²) in [5.74, 6) is -0.951. The molecule has 0 atom stereocenters. The molecule has 0 N–H and O–H groups in total. The third-order valence-corrected chi connectivity index (χ3v) is 2.23. The van der Waals surface area contributed by atoms with E-state index >= 15 is 0 Å². The van der Waals surface area contributed by atoms with Crippen LogP contribution in [0.25, 0.3) is 0 Å². The number of carbonyl (C=O) groups is 1. The fraction of sp³-hybridized carbons (Fsp3) is 0.273. The van der Waals surface area contributed by atoms with Crippen molar-refractivity contribution in [2.75, 3.05) is 0 Å². The van der Waals surface area contributed by atoms with E-state index in [-0.39, 0.29) is 0 Å². The van der Waals surface area contributed by atoms with Crippen LogP contribution in [0.3, 0.4) is 0 Å². The summed E-state index contributed by atoms with van der Waals surface area (Å²) in [4.78, 5) is 11.1. The van der Waals surface area contributed by atoms with Gasteiger partial charge in [0.15, 0.2) is 5.78 Å². The average Bonchev–Trinajstić information content (AvgIpc) is 2.25. The van der Waals surface area contributed by atoms with Gasteiger partial charge in [-0.25, -0.2) is 8.78 Å². The molecule has 18 heavy (non-hydrogen) atoms. The van der Waals surface area contributed by atoms with Crippen molar-refractivity contribution in [3.05, 3.63) is 34.4 Å². The van der Waals surface area contributed by atoms with Crippen LogP contribution in [0.15, 0.2) is 12.1 Å². The molecular weight excluding hydrogens is 257 g/mol. The number of carbonyl (C=O) groups excluding carboxylic acids is 1. The Morgan fingerprint density at radius 1 is 1.33 bits per heavy atom. The van der Waals surface area contributed by atoms with Crippen molar-refractivity contribution in [2.24, 2.45) is 0 Å². The van der Waals surface area contributed by atoms with E-state index in [0.717, 1.165) is 6.92 Å². The van der Waals surface area contributed by atoms with Gasteiger partial charge in [-0.2, -0.15) is 18.4 Å². The second-order valence-electron chi connectivity index (χ2n) is 3.45. The standard InChI is InChI=1S/C11H6F5NO/c1-5(18)8-3-7(11(14,15)16)2-6(4-17)9(8)10(12)13/h2-3,10H,1H3. The van der Waals surface area contributed by atoms with E-state index in [1.165, 1.54) is 6.07 Å². The van der Waals surface area contributed by atoms with Gasteiger partial charge >= 0.3 is 6.18 Å². The van der Waals surface area contributed by atoms with Crippen LogP contribution in [0.5, 0.6) is 0 Å². The van der Waals surface area contributed by atoms with Crippen molar-refractivity contribution in [1.82, 2.24) is 0 Å². The zero-order valence-corrected chi connectivity index (χ0v) is 8.98. The van der Waals surface area contributed by atoms with Crippen molar-refractivity contribution in [1.29, 1.82) is 5.26 Å². The Morgan fingerprint density at radius 2 is 1.89 bits per heavy atom. The molecule has 0 spiro atoms. The predicted octanol–water partition coefficient (Wildman–Crippen LogP) is 3.72. The van der Waals surface area contributed by atoms with Gasteiger partial charge in [-0.1, -0.05) is 0 Å². The number of halogens is 5. The molecule has 1 aromatic carbocycles. The summed E-state index contributed by atoms with van der Waals surface area (Å²) in [7, 11) is 0. The van der Waals surface area contributed by atoms with E-state index < -0.39 is 40.6 Å². The van der Waals surface area contributed by atoms with Gasteiger partial charge in [0.25, 0.3) is 6.43 Å². The third-order valence-electron chi connectivity index (χ3n) is 2.23. The Kier molecular flexibility index (Phi) is 3.70. The fourth-order valence-electron chi connectivity index (χ4n) is 1.44. The van der Waals surface area contributed by atoms with Crippen molar-refractivity contribution >= 4 is 5.78 Å². The first-order valence-corrected chi connectivity index (χ1v) is 4.62. The minimum absolute atomic E-state index is 0.313. The van der Waals surface area contributed by atoms with Gasteiger partial charge in [0, 0.05) is 11.1 Å². The molecular formula is C11H6F5NO. The number of benzene rings is 1. The zero-order chi connectivity index (χ0) is 14.1. The van der Waals surface area contributed by atoms with Crippen LogP contribution in [0, 0.1) is 11.3 Å². The summed E-state index contributed by atoms with van der Waals surface area (Å²) in [5, 5.41) is 8.60. The maximum Gasteiger partial charge on any atom is 0.416 e. The lowest BCUT2D eigenvalue weighted by atomic mass is 9.96. The number of nitriles is 1. The second-order valence-corrected chi connectivity index (χ2v) is 3.45. The van der Waals surface area contributed by atoms with Crippen molar-refractivity contribution in [3.8, 4) is 6.07 Å². The monoisotopic (exact) mass is 263 g/mol. The van der Waals surface area contributed by atoms with Gasteiger partial charge in [0.2, 0.25) is 0 Å². The van der Waals surface area contributed by atoms with Crippen molar-refractivity contribution in [2.45, 2.75) is 19.5 Å². The van der Waals surface area contributed by atoms with Gasteiger partial charge < -0.3 is 0 Å². The van der Waals surface area contributed by atoms with Crippen molar-refractivity contribution < 1.29 is 26.7 Å². The van der Waals surface area contributed by atoms with Gasteiger partial charge in [0.1, 0.15) is 0 Å². The van der Waals surface area contributed by atoms with Gasteiger partial charge in [-0.15, -0.1) is 0 Å². The lowest BCUT2D eigenvalue weighted by Crippen LogP contribution is -2.11. The van der Waals surface area contributed by atoms with Crippen LogP contribution >= 0.6 is 0 Å². The van der Waals surface area contributed by atoms with Gasteiger partial charge in [-0.3, -0.25) is 4.79 Å². The van der Waals surface area contributed by atoms with E-state index in [1.807, 2.05) is 0 Å². The number of nitrogens with zero attached hydrogens (tertiary/aromatic N) is 1. The van der Waals surface area contributed by atoms with Crippen LogP contribution < -0.4 is 0 Å². The minimum atomic E-state index is -4.81. The predicted molar refractivity (Wildman–Crippen MR) is 51.1 cm³/mol. The number of hydrogen-bond donors (Lipinski definition) is 0.